The van der Waals surface area contributed by atoms with Crippen LogP contribution in [0.5, 0.6) is 0 Å². The summed E-state index contributed by atoms with van der Waals surface area (Å²) in [5.74, 6) is -0.215. The maximum Gasteiger partial charge on any atom is 0.307 e. The highest BCUT2D eigenvalue weighted by Crippen LogP contribution is 2.34. The van der Waals surface area contributed by atoms with Gasteiger partial charge in [-0.1, -0.05) is 60.7 Å². The number of aliphatic hydroxyl groups is 1. The van der Waals surface area contributed by atoms with Gasteiger partial charge in [-0.3, -0.25) is 14.6 Å². The van der Waals surface area contributed by atoms with Gasteiger partial charge in [0.05, 0.1) is 25.7 Å². The Morgan fingerprint density at radius 1 is 1.06 bits per heavy atom. The number of benzene rings is 2. The third kappa shape index (κ3) is 6.23. The zero-order chi connectivity index (χ0) is 23.9. The third-order valence-electron chi connectivity index (χ3n) is 6.61. The lowest BCUT2D eigenvalue weighted by Crippen LogP contribution is -2.61. The van der Waals surface area contributed by atoms with Gasteiger partial charge in [-0.05, 0) is 25.0 Å². The molecular formula is C27H36N2O5. The van der Waals surface area contributed by atoms with Crippen LogP contribution in [0.3, 0.4) is 0 Å². The van der Waals surface area contributed by atoms with E-state index in [1.165, 1.54) is 5.56 Å². The summed E-state index contributed by atoms with van der Waals surface area (Å²) in [6.45, 7) is 6.32. The Morgan fingerprint density at radius 3 is 2.32 bits per heavy atom. The SMILES string of the molecule is CCOC(=O)C[C@@H]1CN(Cc2ccccc2)C[C@H](CC2OC(C)O2)N1[C@H](CO)c1ccccc1. The van der Waals surface area contributed by atoms with Crippen LogP contribution in [-0.4, -0.2) is 71.8 Å². The molecule has 7 nitrogen and oxygen atoms in total. The number of esters is 1. The number of aliphatic hydroxyl groups excluding tert-OH is 1. The summed E-state index contributed by atoms with van der Waals surface area (Å²) in [5.41, 5.74) is 2.26. The zero-order valence-electron chi connectivity index (χ0n) is 20.1. The average Bonchev–Trinajstić information content (AvgIpc) is 2.81. The first kappa shape index (κ1) is 24.8. The predicted molar refractivity (Wildman–Crippen MR) is 129 cm³/mol. The van der Waals surface area contributed by atoms with E-state index in [1.807, 2.05) is 62.4 Å². The van der Waals surface area contributed by atoms with E-state index in [4.69, 9.17) is 14.2 Å². The molecule has 0 saturated carbocycles. The molecule has 184 valence electrons. The van der Waals surface area contributed by atoms with Crippen molar-refractivity contribution in [2.45, 2.75) is 63.9 Å². The first-order valence-electron chi connectivity index (χ1n) is 12.2. The van der Waals surface area contributed by atoms with Gasteiger partial charge in [0.15, 0.2) is 12.6 Å². The van der Waals surface area contributed by atoms with Crippen LogP contribution in [0.4, 0.5) is 0 Å². The van der Waals surface area contributed by atoms with Crippen LogP contribution in [0.25, 0.3) is 0 Å². The Morgan fingerprint density at radius 2 is 1.71 bits per heavy atom. The molecule has 0 unspecified atom stereocenters. The second-order valence-corrected chi connectivity index (χ2v) is 9.06. The second-order valence-electron chi connectivity index (χ2n) is 9.06. The van der Waals surface area contributed by atoms with Gasteiger partial charge < -0.3 is 19.3 Å². The average molecular weight is 469 g/mol. The summed E-state index contributed by atoms with van der Waals surface area (Å²) in [6, 6.07) is 20.1. The monoisotopic (exact) mass is 468 g/mol. The molecule has 0 amide bonds. The van der Waals surface area contributed by atoms with Crippen LogP contribution in [0.1, 0.15) is 43.9 Å². The molecule has 2 heterocycles. The quantitative estimate of drug-likeness (QED) is 0.536. The van der Waals surface area contributed by atoms with E-state index in [-0.39, 0.29) is 49.7 Å². The highest BCUT2D eigenvalue weighted by atomic mass is 16.9. The van der Waals surface area contributed by atoms with E-state index in [1.54, 1.807) is 0 Å². The number of piperazine rings is 1. The van der Waals surface area contributed by atoms with Crippen LogP contribution in [0.2, 0.25) is 0 Å². The Balaban J connectivity index is 1.63. The minimum absolute atomic E-state index is 0.0340. The van der Waals surface area contributed by atoms with Crippen molar-refractivity contribution in [1.82, 2.24) is 9.80 Å². The fourth-order valence-electron chi connectivity index (χ4n) is 5.23. The van der Waals surface area contributed by atoms with Crippen molar-refractivity contribution < 1.29 is 24.1 Å². The minimum Gasteiger partial charge on any atom is -0.466 e. The molecule has 0 aromatic heterocycles. The molecule has 2 aliphatic rings. The summed E-state index contributed by atoms with van der Waals surface area (Å²) >= 11 is 0. The second kappa shape index (κ2) is 11.9. The highest BCUT2D eigenvalue weighted by Gasteiger charge is 2.42. The van der Waals surface area contributed by atoms with E-state index in [2.05, 4.69) is 21.9 Å². The fraction of sp³-hybridized carbons (Fsp3) is 0.519. The van der Waals surface area contributed by atoms with Crippen molar-refractivity contribution in [3.8, 4) is 0 Å². The Kier molecular flexibility index (Phi) is 8.69. The molecule has 7 heteroatoms. The third-order valence-corrected chi connectivity index (χ3v) is 6.61. The van der Waals surface area contributed by atoms with E-state index in [9.17, 15) is 9.90 Å². The van der Waals surface area contributed by atoms with Crippen LogP contribution < -0.4 is 0 Å². The minimum atomic E-state index is -0.280. The van der Waals surface area contributed by atoms with Gasteiger partial charge in [0, 0.05) is 38.1 Å². The molecule has 0 spiro atoms. The molecule has 2 aliphatic heterocycles. The fourth-order valence-corrected chi connectivity index (χ4v) is 5.23. The van der Waals surface area contributed by atoms with Crippen molar-refractivity contribution in [2.24, 2.45) is 0 Å². The normalized spacial score (nSPS) is 26.6. The molecular weight excluding hydrogens is 432 g/mol. The lowest BCUT2D eigenvalue weighted by molar-refractivity contribution is -0.380. The van der Waals surface area contributed by atoms with Crippen molar-refractivity contribution in [3.63, 3.8) is 0 Å². The van der Waals surface area contributed by atoms with Crippen molar-refractivity contribution in [2.75, 3.05) is 26.3 Å². The van der Waals surface area contributed by atoms with Crippen molar-refractivity contribution >= 4 is 5.97 Å². The maximum absolute atomic E-state index is 12.6. The standard InChI is InChI=1S/C27H36N2O5/c1-3-32-26(31)14-23-17-28(16-21-10-6-4-7-11-21)18-24(15-27-33-20(2)34-27)29(23)25(19-30)22-12-8-5-9-13-22/h4-13,20,23-25,27,30H,3,14-19H2,1-2H3/t20?,23-,24+,25-,27?/m1/s1. The summed E-state index contributed by atoms with van der Waals surface area (Å²) in [6.07, 6.45) is 0.457. The van der Waals surface area contributed by atoms with Gasteiger partial charge in [0.2, 0.25) is 0 Å². The van der Waals surface area contributed by atoms with E-state index in [0.717, 1.165) is 18.7 Å². The summed E-state index contributed by atoms with van der Waals surface area (Å²) in [5, 5.41) is 10.5. The number of rotatable bonds is 10. The summed E-state index contributed by atoms with van der Waals surface area (Å²) in [7, 11) is 0. The van der Waals surface area contributed by atoms with Crippen molar-refractivity contribution in [1.29, 1.82) is 0 Å². The molecule has 2 aromatic rings. The predicted octanol–water partition coefficient (Wildman–Crippen LogP) is 3.34. The molecule has 0 bridgehead atoms. The number of ether oxygens (including phenoxy) is 3. The van der Waals surface area contributed by atoms with Gasteiger partial charge in [-0.2, -0.15) is 0 Å². The van der Waals surface area contributed by atoms with E-state index >= 15 is 0 Å². The Bertz CT molecular complexity index is 890. The number of carbonyl (C=O) groups excluding carboxylic acids is 1. The van der Waals surface area contributed by atoms with Crippen LogP contribution >= 0.6 is 0 Å². The van der Waals surface area contributed by atoms with Gasteiger partial charge in [-0.15, -0.1) is 0 Å². The van der Waals surface area contributed by atoms with Crippen molar-refractivity contribution in [3.05, 3.63) is 71.8 Å². The van der Waals surface area contributed by atoms with Gasteiger partial charge >= 0.3 is 5.97 Å². The molecule has 2 fully saturated rings. The molecule has 2 aromatic carbocycles. The van der Waals surface area contributed by atoms with Gasteiger partial charge in [0.25, 0.3) is 0 Å². The molecule has 4 rings (SSSR count). The Labute approximate surface area is 202 Å². The maximum atomic E-state index is 12.6. The lowest BCUT2D eigenvalue weighted by atomic mass is 9.94. The highest BCUT2D eigenvalue weighted by molar-refractivity contribution is 5.70. The molecule has 0 radical (unpaired) electrons. The molecule has 2 saturated heterocycles. The topological polar surface area (TPSA) is 71.5 Å². The van der Waals surface area contributed by atoms with Crippen LogP contribution in [0, 0.1) is 0 Å². The van der Waals surface area contributed by atoms with E-state index in [0.29, 0.717) is 19.6 Å². The number of carbonyl (C=O) groups is 1. The number of hydrogen-bond donors (Lipinski definition) is 1. The van der Waals surface area contributed by atoms with Crippen LogP contribution in [-0.2, 0) is 25.5 Å². The molecule has 3 atom stereocenters. The lowest BCUT2D eigenvalue weighted by Gasteiger charge is -2.51. The number of nitrogens with zero attached hydrogens (tertiary/aromatic N) is 2. The molecule has 1 N–H and O–H groups in total. The number of hydrogen-bond acceptors (Lipinski definition) is 7. The Hall–Kier alpha value is -2.29. The van der Waals surface area contributed by atoms with Gasteiger partial charge in [-0.25, -0.2) is 0 Å². The van der Waals surface area contributed by atoms with Gasteiger partial charge in [0.1, 0.15) is 0 Å². The smallest absolute Gasteiger partial charge is 0.307 e. The molecule has 34 heavy (non-hydrogen) atoms. The first-order chi connectivity index (χ1) is 16.6. The summed E-state index contributed by atoms with van der Waals surface area (Å²) in [4.78, 5) is 17.3. The largest absolute Gasteiger partial charge is 0.466 e. The first-order valence-corrected chi connectivity index (χ1v) is 12.2. The summed E-state index contributed by atoms with van der Waals surface area (Å²) < 4.78 is 16.9. The van der Waals surface area contributed by atoms with Crippen LogP contribution in [0.15, 0.2) is 60.7 Å². The zero-order valence-corrected chi connectivity index (χ0v) is 20.1. The van der Waals surface area contributed by atoms with E-state index < -0.39 is 0 Å². The molecule has 0 aliphatic carbocycles.